The van der Waals surface area contributed by atoms with Crippen molar-refractivity contribution in [2.24, 2.45) is 10.2 Å². The van der Waals surface area contributed by atoms with E-state index in [1.54, 1.807) is 12.1 Å². The number of para-hydroxylation sites is 1. The summed E-state index contributed by atoms with van der Waals surface area (Å²) in [5, 5.41) is 19.8. The van der Waals surface area contributed by atoms with Crippen molar-refractivity contribution in [1.29, 1.82) is 0 Å². The number of carboxylic acid groups (broad SMARTS) is 1. The van der Waals surface area contributed by atoms with Crippen molar-refractivity contribution in [3.05, 3.63) is 59.2 Å². The first-order chi connectivity index (χ1) is 10.6. The van der Waals surface area contributed by atoms with E-state index >= 15 is 0 Å². The highest BCUT2D eigenvalue weighted by atomic mass is 16.4. The second-order valence-corrected chi connectivity index (χ2v) is 5.00. The van der Waals surface area contributed by atoms with E-state index in [0.29, 0.717) is 5.69 Å². The van der Waals surface area contributed by atoms with Crippen molar-refractivity contribution in [2.75, 3.05) is 5.32 Å². The predicted molar refractivity (Wildman–Crippen MR) is 80.5 cm³/mol. The molecule has 0 aromatic heterocycles. The lowest BCUT2D eigenvalue weighted by molar-refractivity contribution is -0.117. The minimum atomic E-state index is -0.997. The van der Waals surface area contributed by atoms with Crippen LogP contribution in [0.4, 0.5) is 11.4 Å². The Balaban J connectivity index is 1.86. The molecule has 1 aliphatic rings. The van der Waals surface area contributed by atoms with E-state index in [-0.39, 0.29) is 11.5 Å². The van der Waals surface area contributed by atoms with Crippen LogP contribution in [0.2, 0.25) is 0 Å². The van der Waals surface area contributed by atoms with Gasteiger partial charge in [-0.15, -0.1) is 0 Å². The zero-order valence-electron chi connectivity index (χ0n) is 11.8. The van der Waals surface area contributed by atoms with Crippen molar-refractivity contribution >= 4 is 23.3 Å². The third-order valence-corrected chi connectivity index (χ3v) is 3.50. The first-order valence-corrected chi connectivity index (χ1v) is 6.71. The van der Waals surface area contributed by atoms with Crippen LogP contribution in [0.15, 0.2) is 52.7 Å². The van der Waals surface area contributed by atoms with E-state index in [0.717, 1.165) is 16.8 Å². The summed E-state index contributed by atoms with van der Waals surface area (Å²) in [7, 11) is 0. The largest absolute Gasteiger partial charge is 0.478 e. The Hall–Kier alpha value is -3.02. The zero-order chi connectivity index (χ0) is 15.7. The second kappa shape index (κ2) is 5.40. The molecule has 2 N–H and O–H groups in total. The number of anilines is 1. The Bertz CT molecular complexity index is 782. The van der Waals surface area contributed by atoms with Crippen LogP contribution in [0.3, 0.4) is 0 Å². The number of aromatic carboxylic acids is 1. The Morgan fingerprint density at radius 1 is 1.18 bits per heavy atom. The molecular weight excluding hydrogens is 282 g/mol. The molecule has 2 aromatic rings. The molecule has 0 aliphatic carbocycles. The molecule has 0 spiro atoms. The highest BCUT2D eigenvalue weighted by molar-refractivity contribution is 6.03. The molecule has 1 aliphatic heterocycles. The number of hydrogen-bond acceptors (Lipinski definition) is 4. The highest BCUT2D eigenvalue weighted by Crippen LogP contribution is 2.36. The third-order valence-electron chi connectivity index (χ3n) is 3.50. The quantitative estimate of drug-likeness (QED) is 0.849. The summed E-state index contributed by atoms with van der Waals surface area (Å²) in [6.45, 7) is 1.92. The van der Waals surface area contributed by atoms with Gasteiger partial charge in [0.1, 0.15) is 0 Å². The first-order valence-electron chi connectivity index (χ1n) is 6.71. The average molecular weight is 295 g/mol. The van der Waals surface area contributed by atoms with Crippen molar-refractivity contribution in [3.63, 3.8) is 0 Å². The van der Waals surface area contributed by atoms with E-state index in [1.165, 1.54) is 12.1 Å². The summed E-state index contributed by atoms with van der Waals surface area (Å²) < 4.78 is 0. The molecule has 3 rings (SSSR count). The number of amides is 1. The molecule has 2 aromatic carbocycles. The van der Waals surface area contributed by atoms with Crippen LogP contribution >= 0.6 is 0 Å². The van der Waals surface area contributed by atoms with Crippen LogP contribution in [0.1, 0.15) is 27.5 Å². The number of azo groups is 1. The number of fused-ring (bicyclic) bond motifs is 1. The van der Waals surface area contributed by atoms with Gasteiger partial charge in [0, 0.05) is 11.3 Å². The van der Waals surface area contributed by atoms with Crippen molar-refractivity contribution < 1.29 is 14.7 Å². The molecular formula is C16H13N3O3. The normalized spacial score (nSPS) is 16.6. The third kappa shape index (κ3) is 2.46. The monoisotopic (exact) mass is 295 g/mol. The lowest BCUT2D eigenvalue weighted by Gasteiger charge is -2.03. The van der Waals surface area contributed by atoms with Gasteiger partial charge in [0.2, 0.25) is 0 Å². The molecule has 22 heavy (non-hydrogen) atoms. The Labute approximate surface area is 126 Å². The topological polar surface area (TPSA) is 91.1 Å². The maximum Gasteiger partial charge on any atom is 0.335 e. The standard InChI is InChI=1S/C16H13N3O3/c1-9-3-2-4-12-13(9)17-15(20)14(12)19-18-11-7-5-10(6-8-11)16(21)22/h2-8,14H,1H3,(H,17,20)(H,21,22). The number of carbonyl (C=O) groups is 2. The SMILES string of the molecule is Cc1cccc2c1NC(=O)C2N=Nc1ccc(C(=O)O)cc1. The summed E-state index contributed by atoms with van der Waals surface area (Å²) in [4.78, 5) is 22.8. The number of nitrogens with zero attached hydrogens (tertiary/aromatic N) is 2. The van der Waals surface area contributed by atoms with Gasteiger partial charge in [-0.2, -0.15) is 10.2 Å². The molecule has 6 heteroatoms. The van der Waals surface area contributed by atoms with E-state index < -0.39 is 12.0 Å². The molecule has 6 nitrogen and oxygen atoms in total. The zero-order valence-corrected chi connectivity index (χ0v) is 11.8. The van der Waals surface area contributed by atoms with Crippen molar-refractivity contribution in [3.8, 4) is 0 Å². The van der Waals surface area contributed by atoms with Crippen LogP contribution in [0.25, 0.3) is 0 Å². The molecule has 1 atom stereocenters. The summed E-state index contributed by atoms with van der Waals surface area (Å²) in [6.07, 6.45) is 0. The summed E-state index contributed by atoms with van der Waals surface area (Å²) in [6, 6.07) is 11.0. The maximum absolute atomic E-state index is 12.0. The van der Waals surface area contributed by atoms with Gasteiger partial charge in [-0.25, -0.2) is 4.79 Å². The first kappa shape index (κ1) is 13.9. The molecule has 1 heterocycles. The summed E-state index contributed by atoms with van der Waals surface area (Å²) >= 11 is 0. The number of nitrogens with one attached hydrogen (secondary N) is 1. The number of aryl methyl sites for hydroxylation is 1. The Morgan fingerprint density at radius 2 is 1.91 bits per heavy atom. The minimum Gasteiger partial charge on any atom is -0.478 e. The number of hydrogen-bond donors (Lipinski definition) is 2. The van der Waals surface area contributed by atoms with E-state index in [4.69, 9.17) is 5.11 Å². The number of carboxylic acids is 1. The molecule has 0 saturated carbocycles. The van der Waals surface area contributed by atoms with Crippen molar-refractivity contribution in [1.82, 2.24) is 0 Å². The summed E-state index contributed by atoms with van der Waals surface area (Å²) in [5.74, 6) is -1.21. The van der Waals surface area contributed by atoms with Crippen LogP contribution in [-0.2, 0) is 4.79 Å². The second-order valence-electron chi connectivity index (χ2n) is 5.00. The lowest BCUT2D eigenvalue weighted by atomic mass is 10.1. The van der Waals surface area contributed by atoms with Crippen LogP contribution in [-0.4, -0.2) is 17.0 Å². The van der Waals surface area contributed by atoms with Gasteiger partial charge < -0.3 is 10.4 Å². The molecule has 1 unspecified atom stereocenters. The van der Waals surface area contributed by atoms with Crippen LogP contribution < -0.4 is 5.32 Å². The molecule has 0 bridgehead atoms. The van der Waals surface area contributed by atoms with Gasteiger partial charge in [-0.3, -0.25) is 4.79 Å². The number of carbonyl (C=O) groups excluding carboxylic acids is 1. The van der Waals surface area contributed by atoms with E-state index in [1.807, 2.05) is 25.1 Å². The molecule has 0 saturated heterocycles. The number of rotatable bonds is 3. The Morgan fingerprint density at radius 3 is 2.59 bits per heavy atom. The fourth-order valence-electron chi connectivity index (χ4n) is 2.33. The average Bonchev–Trinajstić information content (AvgIpc) is 2.83. The fraction of sp³-hybridized carbons (Fsp3) is 0.125. The maximum atomic E-state index is 12.0. The predicted octanol–water partition coefficient (Wildman–Crippen LogP) is 3.47. The molecule has 0 fully saturated rings. The smallest absolute Gasteiger partial charge is 0.335 e. The lowest BCUT2D eigenvalue weighted by Crippen LogP contribution is -2.09. The molecule has 0 radical (unpaired) electrons. The van der Waals surface area contributed by atoms with Gasteiger partial charge in [0.15, 0.2) is 6.04 Å². The summed E-state index contributed by atoms with van der Waals surface area (Å²) in [5.41, 5.74) is 3.25. The van der Waals surface area contributed by atoms with Crippen LogP contribution in [0.5, 0.6) is 0 Å². The van der Waals surface area contributed by atoms with E-state index in [9.17, 15) is 9.59 Å². The van der Waals surface area contributed by atoms with Gasteiger partial charge >= 0.3 is 5.97 Å². The van der Waals surface area contributed by atoms with Gasteiger partial charge in [0.25, 0.3) is 5.91 Å². The van der Waals surface area contributed by atoms with Gasteiger partial charge in [-0.05, 0) is 36.8 Å². The molecule has 1 amide bonds. The number of benzene rings is 2. The van der Waals surface area contributed by atoms with Crippen LogP contribution in [0, 0.1) is 6.92 Å². The Kier molecular flexibility index (Phi) is 3.42. The van der Waals surface area contributed by atoms with Gasteiger partial charge in [0.05, 0.1) is 11.3 Å². The molecule has 110 valence electrons. The van der Waals surface area contributed by atoms with E-state index in [2.05, 4.69) is 15.5 Å². The fourth-order valence-corrected chi connectivity index (χ4v) is 2.33. The van der Waals surface area contributed by atoms with Gasteiger partial charge in [-0.1, -0.05) is 18.2 Å². The highest BCUT2D eigenvalue weighted by Gasteiger charge is 2.31. The minimum absolute atomic E-state index is 0.179. The van der Waals surface area contributed by atoms with Crippen molar-refractivity contribution in [2.45, 2.75) is 13.0 Å².